The summed E-state index contributed by atoms with van der Waals surface area (Å²) in [6.45, 7) is 0. The number of hydrogen-bond acceptors (Lipinski definition) is 2. The highest BCUT2D eigenvalue weighted by atomic mass is 32.1. The summed E-state index contributed by atoms with van der Waals surface area (Å²) >= 11 is 1.63. The number of para-hydroxylation sites is 1. The molecule has 0 bridgehead atoms. The van der Waals surface area contributed by atoms with Crippen LogP contribution in [0.4, 0.5) is 10.5 Å². The van der Waals surface area contributed by atoms with Gasteiger partial charge in [-0.05, 0) is 29.1 Å². The molecule has 110 valence electrons. The van der Waals surface area contributed by atoms with Crippen LogP contribution in [-0.2, 0) is 0 Å². The van der Waals surface area contributed by atoms with Crippen molar-refractivity contribution in [3.63, 3.8) is 0 Å². The molecular weight excluding hydrogens is 292 g/mol. The first-order chi connectivity index (χ1) is 10.8. The van der Waals surface area contributed by atoms with E-state index in [4.69, 9.17) is 0 Å². The predicted octanol–water partition coefficient (Wildman–Crippen LogP) is 4.66. The summed E-state index contributed by atoms with van der Waals surface area (Å²) in [6, 6.07) is 23.1. The maximum absolute atomic E-state index is 12.3. The molecule has 3 rings (SSSR count). The normalized spacial score (nSPS) is 11.6. The van der Waals surface area contributed by atoms with Gasteiger partial charge in [-0.25, -0.2) is 4.79 Å². The molecule has 0 saturated heterocycles. The van der Waals surface area contributed by atoms with Crippen molar-refractivity contribution in [1.82, 2.24) is 5.32 Å². The van der Waals surface area contributed by atoms with Gasteiger partial charge in [0, 0.05) is 10.6 Å². The second kappa shape index (κ2) is 6.91. The van der Waals surface area contributed by atoms with Crippen molar-refractivity contribution in [1.29, 1.82) is 0 Å². The predicted molar refractivity (Wildman–Crippen MR) is 91.2 cm³/mol. The molecule has 1 heterocycles. The molecule has 22 heavy (non-hydrogen) atoms. The van der Waals surface area contributed by atoms with E-state index in [1.165, 1.54) is 0 Å². The molecule has 0 aliphatic heterocycles. The first-order valence-corrected chi connectivity index (χ1v) is 7.92. The van der Waals surface area contributed by atoms with Crippen molar-refractivity contribution in [2.75, 3.05) is 5.32 Å². The Morgan fingerprint density at radius 1 is 0.864 bits per heavy atom. The molecule has 0 saturated carbocycles. The van der Waals surface area contributed by atoms with Gasteiger partial charge in [0.25, 0.3) is 0 Å². The molecule has 1 atom stereocenters. The summed E-state index contributed by atoms with van der Waals surface area (Å²) in [7, 11) is 0. The summed E-state index contributed by atoms with van der Waals surface area (Å²) in [6.07, 6.45) is 0. The number of carbonyl (C=O) groups excluding carboxylic acids is 1. The van der Waals surface area contributed by atoms with Crippen LogP contribution in [0.5, 0.6) is 0 Å². The van der Waals surface area contributed by atoms with Crippen molar-refractivity contribution >= 4 is 23.1 Å². The number of thiophene rings is 1. The zero-order valence-corrected chi connectivity index (χ0v) is 12.7. The Balaban J connectivity index is 1.77. The molecule has 3 nitrogen and oxygen atoms in total. The van der Waals surface area contributed by atoms with Crippen LogP contribution < -0.4 is 10.6 Å². The van der Waals surface area contributed by atoms with E-state index in [2.05, 4.69) is 10.6 Å². The lowest BCUT2D eigenvalue weighted by Gasteiger charge is -2.18. The molecule has 0 spiro atoms. The Kier molecular flexibility index (Phi) is 4.51. The van der Waals surface area contributed by atoms with Gasteiger partial charge in [-0.2, -0.15) is 0 Å². The van der Waals surface area contributed by atoms with E-state index in [0.29, 0.717) is 0 Å². The van der Waals surface area contributed by atoms with E-state index in [0.717, 1.165) is 16.1 Å². The highest BCUT2D eigenvalue weighted by Gasteiger charge is 2.17. The maximum atomic E-state index is 12.3. The molecule has 2 aromatic carbocycles. The first-order valence-electron chi connectivity index (χ1n) is 7.04. The number of carbonyl (C=O) groups is 1. The lowest BCUT2D eigenvalue weighted by atomic mass is 10.1. The van der Waals surface area contributed by atoms with E-state index in [9.17, 15) is 4.79 Å². The number of anilines is 1. The highest BCUT2D eigenvalue weighted by Crippen LogP contribution is 2.26. The van der Waals surface area contributed by atoms with Crippen LogP contribution in [0.1, 0.15) is 16.5 Å². The first kappa shape index (κ1) is 14.4. The Morgan fingerprint density at radius 2 is 1.55 bits per heavy atom. The van der Waals surface area contributed by atoms with Gasteiger partial charge in [-0.15, -0.1) is 11.3 Å². The molecule has 2 amide bonds. The van der Waals surface area contributed by atoms with Gasteiger partial charge in [0.05, 0.1) is 6.04 Å². The molecule has 0 aliphatic rings. The molecule has 1 aromatic heterocycles. The second-order valence-electron chi connectivity index (χ2n) is 4.82. The van der Waals surface area contributed by atoms with Gasteiger partial charge in [0.15, 0.2) is 0 Å². The van der Waals surface area contributed by atoms with E-state index in [1.807, 2.05) is 78.2 Å². The number of urea groups is 1. The van der Waals surface area contributed by atoms with Gasteiger partial charge >= 0.3 is 6.03 Å². The zero-order chi connectivity index (χ0) is 15.2. The largest absolute Gasteiger partial charge is 0.326 e. The summed E-state index contributed by atoms with van der Waals surface area (Å²) in [4.78, 5) is 13.4. The van der Waals surface area contributed by atoms with Crippen LogP contribution in [0.2, 0.25) is 0 Å². The third kappa shape index (κ3) is 3.54. The third-order valence-electron chi connectivity index (χ3n) is 3.27. The minimum Gasteiger partial charge on any atom is -0.326 e. The molecular formula is C18H16N2OS. The minimum atomic E-state index is -0.214. The summed E-state index contributed by atoms with van der Waals surface area (Å²) in [5.74, 6) is 0. The Bertz CT molecular complexity index is 711. The molecule has 4 heteroatoms. The quantitative estimate of drug-likeness (QED) is 0.723. The van der Waals surface area contributed by atoms with E-state index >= 15 is 0 Å². The van der Waals surface area contributed by atoms with Crippen molar-refractivity contribution < 1.29 is 4.79 Å². The average molecular weight is 308 g/mol. The number of benzene rings is 2. The topological polar surface area (TPSA) is 41.1 Å². The van der Waals surface area contributed by atoms with Gasteiger partial charge in [0.1, 0.15) is 0 Å². The van der Waals surface area contributed by atoms with Crippen LogP contribution in [-0.4, -0.2) is 6.03 Å². The van der Waals surface area contributed by atoms with Crippen molar-refractivity contribution in [3.05, 3.63) is 88.6 Å². The second-order valence-corrected chi connectivity index (χ2v) is 5.80. The molecule has 3 aromatic rings. The monoisotopic (exact) mass is 308 g/mol. The fourth-order valence-corrected chi connectivity index (χ4v) is 3.04. The smallest absolute Gasteiger partial charge is 0.320 e. The summed E-state index contributed by atoms with van der Waals surface area (Å²) < 4.78 is 0. The fraction of sp³-hybridized carbons (Fsp3) is 0.0556. The molecule has 0 fully saturated rings. The highest BCUT2D eigenvalue weighted by molar-refractivity contribution is 7.10. The van der Waals surface area contributed by atoms with Crippen LogP contribution in [0.3, 0.4) is 0 Å². The van der Waals surface area contributed by atoms with Gasteiger partial charge in [-0.3, -0.25) is 0 Å². The van der Waals surface area contributed by atoms with Crippen LogP contribution in [0.15, 0.2) is 78.2 Å². The molecule has 0 radical (unpaired) electrons. The minimum absolute atomic E-state index is 0.148. The lowest BCUT2D eigenvalue weighted by Crippen LogP contribution is -2.32. The Morgan fingerprint density at radius 3 is 2.18 bits per heavy atom. The number of rotatable bonds is 4. The lowest BCUT2D eigenvalue weighted by molar-refractivity contribution is 0.250. The van der Waals surface area contributed by atoms with Crippen molar-refractivity contribution in [3.8, 4) is 0 Å². The van der Waals surface area contributed by atoms with E-state index in [1.54, 1.807) is 11.3 Å². The van der Waals surface area contributed by atoms with Gasteiger partial charge < -0.3 is 10.6 Å². The molecule has 0 unspecified atom stereocenters. The van der Waals surface area contributed by atoms with Gasteiger partial charge in [0.2, 0.25) is 0 Å². The van der Waals surface area contributed by atoms with Gasteiger partial charge in [-0.1, -0.05) is 54.6 Å². The van der Waals surface area contributed by atoms with Crippen LogP contribution in [0.25, 0.3) is 0 Å². The number of nitrogens with one attached hydrogen (secondary N) is 2. The van der Waals surface area contributed by atoms with Crippen LogP contribution in [0, 0.1) is 0 Å². The number of hydrogen-bond donors (Lipinski definition) is 2. The Hall–Kier alpha value is -2.59. The third-order valence-corrected chi connectivity index (χ3v) is 4.20. The van der Waals surface area contributed by atoms with E-state index in [-0.39, 0.29) is 12.1 Å². The Labute approximate surface area is 133 Å². The van der Waals surface area contributed by atoms with Crippen molar-refractivity contribution in [2.45, 2.75) is 6.04 Å². The fourth-order valence-electron chi connectivity index (χ4n) is 2.24. The summed E-state index contributed by atoms with van der Waals surface area (Å²) in [5, 5.41) is 7.92. The average Bonchev–Trinajstić information content (AvgIpc) is 3.08. The van der Waals surface area contributed by atoms with E-state index < -0.39 is 0 Å². The summed E-state index contributed by atoms with van der Waals surface area (Å²) in [5.41, 5.74) is 1.84. The molecule has 0 aliphatic carbocycles. The molecule has 2 N–H and O–H groups in total. The van der Waals surface area contributed by atoms with Crippen LogP contribution >= 0.6 is 11.3 Å². The SMILES string of the molecule is O=C(Nc1ccccc1)N[C@@H](c1ccccc1)c1cccs1. The van der Waals surface area contributed by atoms with Crippen molar-refractivity contribution in [2.24, 2.45) is 0 Å². The standard InChI is InChI=1S/C18H16N2OS/c21-18(19-15-10-5-2-6-11-15)20-17(16-12-7-13-22-16)14-8-3-1-4-9-14/h1-13,17H,(H2,19,20,21)/t17-/m0/s1. The maximum Gasteiger partial charge on any atom is 0.320 e. The number of amides is 2. The zero-order valence-electron chi connectivity index (χ0n) is 11.9.